The molecule has 4 rings (SSSR count). The summed E-state index contributed by atoms with van der Waals surface area (Å²) in [5.41, 5.74) is -6.32. The quantitative estimate of drug-likeness (QED) is 0.787. The van der Waals surface area contributed by atoms with E-state index >= 15 is 0 Å². The Morgan fingerprint density at radius 2 is 2.45 bits per heavy atom. The van der Waals surface area contributed by atoms with Crippen LogP contribution in [0, 0.1) is 5.89 Å². The number of ether oxygens (including phenoxy) is 1. The first-order chi connectivity index (χ1) is 18.2. The molecule has 1 aromatic rings. The fourth-order valence-corrected chi connectivity index (χ4v) is 2.53. The molecular formula is C18H25NO. The van der Waals surface area contributed by atoms with Gasteiger partial charge in [-0.1, -0.05) is 18.8 Å². The lowest BCUT2D eigenvalue weighted by Gasteiger charge is -2.58. The number of piperidine rings is 1. The van der Waals surface area contributed by atoms with E-state index < -0.39 is 97.9 Å². The minimum absolute atomic E-state index is 0.464. The maximum atomic E-state index is 9.55. The minimum atomic E-state index is -4.37. The Kier molecular flexibility index (Phi) is 0.712. The highest BCUT2D eigenvalue weighted by molar-refractivity contribution is 5.45. The van der Waals surface area contributed by atoms with Crippen LogP contribution in [0.4, 0.5) is 0 Å². The van der Waals surface area contributed by atoms with Crippen LogP contribution >= 0.6 is 0 Å². The van der Waals surface area contributed by atoms with Gasteiger partial charge in [-0.2, -0.15) is 0 Å². The topological polar surface area (TPSA) is 12.5 Å². The van der Waals surface area contributed by atoms with Crippen molar-refractivity contribution in [2.24, 2.45) is 5.89 Å². The van der Waals surface area contributed by atoms with E-state index in [2.05, 4.69) is 0 Å². The lowest BCUT2D eigenvalue weighted by molar-refractivity contribution is 0.00274. The van der Waals surface area contributed by atoms with Gasteiger partial charge in [0.05, 0.1) is 11.2 Å². The third kappa shape index (κ3) is 1.60. The van der Waals surface area contributed by atoms with Crippen molar-refractivity contribution in [3.8, 4) is 5.75 Å². The van der Waals surface area contributed by atoms with Crippen LogP contribution < -0.4 is 4.74 Å². The lowest BCUT2D eigenvalue weighted by Crippen LogP contribution is -2.59. The zero-order valence-corrected chi connectivity index (χ0v) is 10.1. The number of benzene rings is 1. The van der Waals surface area contributed by atoms with Gasteiger partial charge in [0.25, 0.3) is 0 Å². The van der Waals surface area contributed by atoms with Crippen LogP contribution in [0.2, 0.25) is 0 Å². The third-order valence-electron chi connectivity index (χ3n) is 3.46. The summed E-state index contributed by atoms with van der Waals surface area (Å²) in [4.78, 5) is -0.709. The fraction of sp³-hybridized carbons (Fsp3) is 0.667. The summed E-state index contributed by atoms with van der Waals surface area (Å²) < 4.78 is 193. The van der Waals surface area contributed by atoms with Gasteiger partial charge in [-0.05, 0) is 68.1 Å². The number of nitrogens with zero attached hydrogens (tertiary/aromatic N) is 1. The van der Waals surface area contributed by atoms with Crippen molar-refractivity contribution in [2.45, 2.75) is 49.7 Å². The summed E-state index contributed by atoms with van der Waals surface area (Å²) in [5.74, 6) is -5.15. The van der Waals surface area contributed by atoms with Gasteiger partial charge < -0.3 is 9.64 Å². The molecule has 108 valence electrons. The first-order valence-electron chi connectivity index (χ1n) is 16.8. The smallest absolute Gasteiger partial charge is 0.119 e. The summed E-state index contributed by atoms with van der Waals surface area (Å²) in [6.07, 6.45) is -25.1. The van der Waals surface area contributed by atoms with Gasteiger partial charge in [-0.3, -0.25) is 0 Å². The number of fused-ring (bicyclic) bond motifs is 1. The van der Waals surface area contributed by atoms with Crippen LogP contribution in [0.3, 0.4) is 0 Å². The van der Waals surface area contributed by atoms with E-state index in [1.54, 1.807) is 0 Å². The Bertz CT molecular complexity index is 1330. The van der Waals surface area contributed by atoms with E-state index in [4.69, 9.17) is 32.2 Å². The van der Waals surface area contributed by atoms with Crippen molar-refractivity contribution in [3.05, 3.63) is 29.3 Å². The summed E-state index contributed by atoms with van der Waals surface area (Å²) in [5, 5.41) is 0. The zero-order valence-electron chi connectivity index (χ0n) is 32.1. The maximum Gasteiger partial charge on any atom is 0.119 e. The monoisotopic (exact) mass is 293 g/mol. The van der Waals surface area contributed by atoms with Gasteiger partial charge >= 0.3 is 0 Å². The average Bonchev–Trinajstić information content (AvgIpc) is 2.73. The van der Waals surface area contributed by atoms with Crippen molar-refractivity contribution in [1.82, 2.24) is 4.90 Å². The molecule has 1 heterocycles. The molecule has 0 N–H and O–H groups in total. The molecule has 20 heavy (non-hydrogen) atoms. The zero-order chi connectivity index (χ0) is 33.1. The Hall–Kier alpha value is -1.02. The number of methoxy groups -OCH3 is 1. The normalized spacial score (nSPS) is 78.6. The molecular weight excluding hydrogens is 246 g/mol. The predicted molar refractivity (Wildman–Crippen MR) is 81.4 cm³/mol. The van der Waals surface area contributed by atoms with Crippen molar-refractivity contribution in [2.75, 3.05) is 20.5 Å². The van der Waals surface area contributed by atoms with Gasteiger partial charge in [0.2, 0.25) is 0 Å². The van der Waals surface area contributed by atoms with Crippen molar-refractivity contribution < 1.29 is 34.9 Å². The molecule has 3 aliphatic rings. The Morgan fingerprint density at radius 3 is 3.35 bits per heavy atom. The number of likely N-dealkylation sites (tertiary alicyclic amines) is 1. The van der Waals surface area contributed by atoms with Crippen LogP contribution in [-0.4, -0.2) is 31.4 Å². The molecule has 2 heteroatoms. The lowest BCUT2D eigenvalue weighted by atomic mass is 9.52. The highest BCUT2D eigenvalue weighted by Crippen LogP contribution is 2.55. The molecule has 1 saturated carbocycles. The Balaban J connectivity index is 2.46. The third-order valence-corrected chi connectivity index (χ3v) is 3.46. The molecule has 2 aliphatic carbocycles. The van der Waals surface area contributed by atoms with Gasteiger partial charge in [0.1, 0.15) is 5.75 Å². The van der Waals surface area contributed by atoms with E-state index in [0.717, 1.165) is 6.07 Å². The summed E-state index contributed by atoms with van der Waals surface area (Å²) in [7, 11) is -3.23. The van der Waals surface area contributed by atoms with Crippen LogP contribution in [-0.2, 0) is 11.8 Å². The second-order valence-electron chi connectivity index (χ2n) is 4.48. The van der Waals surface area contributed by atoms with Crippen molar-refractivity contribution in [3.63, 3.8) is 0 Å². The van der Waals surface area contributed by atoms with Gasteiger partial charge in [-0.25, -0.2) is 0 Å². The molecule has 0 aromatic heterocycles. The van der Waals surface area contributed by atoms with Gasteiger partial charge in [-0.15, -0.1) is 0 Å². The standard InChI is InChI=1S/C18H25NO/c1-19-10-9-18-8-4-3-5-15(18)17(19)11-13-6-7-14(20-2)12-16(13)18/h6-7,12,15,17H,3-5,8-11H2,1-2H3/t15-,17+,18+/m1/s1/i1D3,2D3,3D2,4D2,5D2,8D2,9D2,10D2,11D2,15D,17D. The average molecular weight is 294 g/mol. The van der Waals surface area contributed by atoms with Crippen LogP contribution in [0.25, 0.3) is 0 Å². The van der Waals surface area contributed by atoms with Crippen LogP contribution in [0.5, 0.6) is 5.75 Å². The second-order valence-corrected chi connectivity index (χ2v) is 4.48. The predicted octanol–water partition coefficient (Wildman–Crippen LogP) is 3.38. The van der Waals surface area contributed by atoms with E-state index in [1.165, 1.54) is 0 Å². The molecule has 1 aromatic carbocycles. The van der Waals surface area contributed by atoms with Crippen molar-refractivity contribution >= 4 is 0 Å². The molecule has 1 aliphatic heterocycles. The molecule has 0 amide bonds. The SMILES string of the molecule is [2H]C([2H])([2H])Oc1ccc2c(c1)[C@@]13C([2H])([2H])C([2H])([2H])N(C([2H])([2H])[2H])[C@@]([2H])(C2([2H])[2H])[C@@]1([2H])C([2H])([2H])C([2H])([2H])C([2H])([2H])C3([2H])[2H]. The van der Waals surface area contributed by atoms with Crippen LogP contribution in [0.15, 0.2) is 18.2 Å². The van der Waals surface area contributed by atoms with Gasteiger partial charge in [0.15, 0.2) is 0 Å². The second kappa shape index (κ2) is 4.49. The fourth-order valence-electron chi connectivity index (χ4n) is 2.53. The highest BCUT2D eigenvalue weighted by Gasteiger charge is 2.53. The number of hydrogen-bond donors (Lipinski definition) is 0. The number of hydrogen-bond acceptors (Lipinski definition) is 2. The van der Waals surface area contributed by atoms with Crippen LogP contribution in [0.1, 0.15) is 73.1 Å². The van der Waals surface area contributed by atoms with E-state index in [-0.39, 0.29) is 0 Å². The summed E-state index contributed by atoms with van der Waals surface area (Å²) in [6, 6.07) is -2.35. The molecule has 2 nitrogen and oxygen atoms in total. The minimum Gasteiger partial charge on any atom is -0.497 e. The Morgan fingerprint density at radius 1 is 1.45 bits per heavy atom. The number of rotatable bonds is 1. The number of likely N-dealkylation sites (N-methyl/N-ethyl adjacent to an activating group) is 1. The molecule has 0 radical (unpaired) electrons. The molecule has 2 bridgehead atoms. The molecule has 2 fully saturated rings. The molecule has 0 spiro atoms. The molecule has 0 unspecified atom stereocenters. The van der Waals surface area contributed by atoms with Gasteiger partial charge in [0, 0.05) is 37.5 Å². The maximum absolute atomic E-state index is 9.55. The molecule has 3 atom stereocenters. The highest BCUT2D eigenvalue weighted by atomic mass is 16.5. The summed E-state index contributed by atoms with van der Waals surface area (Å²) in [6.45, 7) is -8.25. The molecule has 1 saturated heterocycles. The Labute approximate surface area is 153 Å². The van der Waals surface area contributed by atoms with E-state index in [0.29, 0.717) is 12.1 Å². The van der Waals surface area contributed by atoms with E-state index in [9.17, 15) is 2.74 Å². The first-order valence-corrected chi connectivity index (χ1v) is 5.82. The summed E-state index contributed by atoms with van der Waals surface area (Å²) >= 11 is 0. The van der Waals surface area contributed by atoms with E-state index in [1.807, 2.05) is 0 Å². The van der Waals surface area contributed by atoms with Crippen molar-refractivity contribution in [1.29, 1.82) is 0 Å². The largest absolute Gasteiger partial charge is 0.497 e. The first kappa shape index (κ1) is 3.17.